The van der Waals surface area contributed by atoms with Gasteiger partial charge in [0.25, 0.3) is 0 Å². The van der Waals surface area contributed by atoms with Crippen LogP contribution in [0, 0.1) is 17.6 Å². The molecule has 1 aromatic carbocycles. The second-order valence-electron chi connectivity index (χ2n) is 4.52. The van der Waals surface area contributed by atoms with Crippen LogP contribution >= 0.6 is 0 Å². The van der Waals surface area contributed by atoms with Gasteiger partial charge in [-0.3, -0.25) is 0 Å². The third kappa shape index (κ3) is 3.01. The first kappa shape index (κ1) is 11.5. The van der Waals surface area contributed by atoms with Gasteiger partial charge in [0.2, 0.25) is 0 Å². The van der Waals surface area contributed by atoms with Gasteiger partial charge >= 0.3 is 0 Å². The standard InChI is InChI=1S/C13H17F2N/c14-12-5-6-13(15)11(7-12)9-16-8-10-3-1-2-4-10/h5-7,10,16H,1-4,8-9H2. The number of hydrogen-bond donors (Lipinski definition) is 1. The molecule has 0 spiro atoms. The molecular formula is C13H17F2N. The monoisotopic (exact) mass is 225 g/mol. The zero-order chi connectivity index (χ0) is 11.4. The fourth-order valence-corrected chi connectivity index (χ4v) is 2.30. The minimum atomic E-state index is -0.376. The summed E-state index contributed by atoms with van der Waals surface area (Å²) in [5, 5.41) is 3.20. The molecule has 1 saturated carbocycles. The third-order valence-electron chi connectivity index (χ3n) is 3.23. The van der Waals surface area contributed by atoms with Gasteiger partial charge in [0.15, 0.2) is 0 Å². The fourth-order valence-electron chi connectivity index (χ4n) is 2.30. The molecule has 1 aliphatic rings. The van der Waals surface area contributed by atoms with E-state index >= 15 is 0 Å². The van der Waals surface area contributed by atoms with E-state index in [0.29, 0.717) is 12.1 Å². The van der Waals surface area contributed by atoms with Crippen molar-refractivity contribution in [1.29, 1.82) is 0 Å². The number of halogens is 2. The van der Waals surface area contributed by atoms with Gasteiger partial charge in [0.1, 0.15) is 11.6 Å². The summed E-state index contributed by atoms with van der Waals surface area (Å²) in [6, 6.07) is 3.59. The minimum absolute atomic E-state index is 0.333. The maximum atomic E-state index is 13.3. The van der Waals surface area contributed by atoms with E-state index < -0.39 is 0 Å². The first-order valence-electron chi connectivity index (χ1n) is 5.90. The molecule has 3 heteroatoms. The number of rotatable bonds is 4. The molecular weight excluding hydrogens is 208 g/mol. The second kappa shape index (κ2) is 5.39. The highest BCUT2D eigenvalue weighted by molar-refractivity contribution is 5.18. The molecule has 0 heterocycles. The molecule has 1 aromatic rings. The highest BCUT2D eigenvalue weighted by atomic mass is 19.1. The Hall–Kier alpha value is -0.960. The summed E-state index contributed by atoms with van der Waals surface area (Å²) < 4.78 is 26.1. The molecule has 0 atom stereocenters. The summed E-state index contributed by atoms with van der Waals surface area (Å²) in [5.41, 5.74) is 0.415. The van der Waals surface area contributed by atoms with Crippen LogP contribution in [0.5, 0.6) is 0 Å². The van der Waals surface area contributed by atoms with Gasteiger partial charge in [0, 0.05) is 12.1 Å². The van der Waals surface area contributed by atoms with Crippen molar-refractivity contribution >= 4 is 0 Å². The van der Waals surface area contributed by atoms with E-state index in [-0.39, 0.29) is 11.6 Å². The van der Waals surface area contributed by atoms with Gasteiger partial charge in [0.05, 0.1) is 0 Å². The molecule has 0 saturated heterocycles. The van der Waals surface area contributed by atoms with Crippen molar-refractivity contribution in [2.45, 2.75) is 32.2 Å². The molecule has 1 fully saturated rings. The lowest BCUT2D eigenvalue weighted by molar-refractivity contribution is 0.481. The molecule has 0 radical (unpaired) electrons. The lowest BCUT2D eigenvalue weighted by atomic mass is 10.1. The first-order chi connectivity index (χ1) is 7.75. The zero-order valence-corrected chi connectivity index (χ0v) is 9.31. The Morgan fingerprint density at radius 3 is 2.69 bits per heavy atom. The molecule has 0 aromatic heterocycles. The maximum absolute atomic E-state index is 13.3. The maximum Gasteiger partial charge on any atom is 0.127 e. The number of hydrogen-bond acceptors (Lipinski definition) is 1. The van der Waals surface area contributed by atoms with E-state index in [4.69, 9.17) is 0 Å². The van der Waals surface area contributed by atoms with Gasteiger partial charge in [-0.25, -0.2) is 8.78 Å². The van der Waals surface area contributed by atoms with Crippen LogP contribution in [0.1, 0.15) is 31.2 Å². The summed E-state index contributed by atoms with van der Waals surface area (Å²) in [5.74, 6) is 0.0102. The van der Waals surface area contributed by atoms with Gasteiger partial charge in [-0.1, -0.05) is 12.8 Å². The van der Waals surface area contributed by atoms with E-state index in [0.717, 1.165) is 18.5 Å². The lowest BCUT2D eigenvalue weighted by Crippen LogP contribution is -2.21. The van der Waals surface area contributed by atoms with Crippen molar-refractivity contribution < 1.29 is 8.78 Å². The predicted molar refractivity (Wildman–Crippen MR) is 60.0 cm³/mol. The Kier molecular flexibility index (Phi) is 3.88. The van der Waals surface area contributed by atoms with Crippen LogP contribution in [0.15, 0.2) is 18.2 Å². The van der Waals surface area contributed by atoms with Crippen LogP contribution in [-0.2, 0) is 6.54 Å². The Labute approximate surface area is 94.9 Å². The molecule has 0 aliphatic heterocycles. The highest BCUT2D eigenvalue weighted by Crippen LogP contribution is 2.23. The van der Waals surface area contributed by atoms with E-state index in [1.54, 1.807) is 0 Å². The molecule has 2 rings (SSSR count). The number of nitrogens with one attached hydrogen (secondary N) is 1. The van der Waals surface area contributed by atoms with Crippen molar-refractivity contribution in [3.8, 4) is 0 Å². The molecule has 1 nitrogen and oxygen atoms in total. The molecule has 1 aliphatic carbocycles. The van der Waals surface area contributed by atoms with Gasteiger partial charge in [-0.05, 0) is 43.5 Å². The highest BCUT2D eigenvalue weighted by Gasteiger charge is 2.14. The molecule has 0 unspecified atom stereocenters. The average Bonchev–Trinajstić information content (AvgIpc) is 2.76. The summed E-state index contributed by atoms with van der Waals surface area (Å²) >= 11 is 0. The van der Waals surface area contributed by atoms with Crippen molar-refractivity contribution in [3.63, 3.8) is 0 Å². The summed E-state index contributed by atoms with van der Waals surface area (Å²) in [4.78, 5) is 0. The Bertz CT molecular complexity index is 346. The smallest absolute Gasteiger partial charge is 0.127 e. The molecule has 88 valence electrons. The van der Waals surface area contributed by atoms with E-state index in [1.807, 2.05) is 0 Å². The van der Waals surface area contributed by atoms with Crippen LogP contribution in [0.25, 0.3) is 0 Å². The molecule has 0 bridgehead atoms. The van der Waals surface area contributed by atoms with E-state index in [2.05, 4.69) is 5.32 Å². The molecule has 1 N–H and O–H groups in total. The summed E-state index contributed by atoms with van der Waals surface area (Å²) in [6.45, 7) is 1.33. The normalized spacial score (nSPS) is 16.9. The van der Waals surface area contributed by atoms with Gasteiger partial charge < -0.3 is 5.32 Å². The van der Waals surface area contributed by atoms with Crippen molar-refractivity contribution in [2.24, 2.45) is 5.92 Å². The quantitative estimate of drug-likeness (QED) is 0.829. The predicted octanol–water partition coefficient (Wildman–Crippen LogP) is 3.24. The first-order valence-corrected chi connectivity index (χ1v) is 5.90. The average molecular weight is 225 g/mol. The largest absolute Gasteiger partial charge is 0.312 e. The SMILES string of the molecule is Fc1ccc(F)c(CNCC2CCCC2)c1. The van der Waals surface area contributed by atoms with Crippen LogP contribution in [-0.4, -0.2) is 6.54 Å². The topological polar surface area (TPSA) is 12.0 Å². The summed E-state index contributed by atoms with van der Waals surface area (Å²) in [6.07, 6.45) is 5.14. The van der Waals surface area contributed by atoms with Crippen molar-refractivity contribution in [2.75, 3.05) is 6.54 Å². The number of benzene rings is 1. The Balaban J connectivity index is 1.82. The van der Waals surface area contributed by atoms with Crippen LogP contribution < -0.4 is 5.32 Å². The Morgan fingerprint density at radius 2 is 1.94 bits per heavy atom. The molecule has 16 heavy (non-hydrogen) atoms. The van der Waals surface area contributed by atoms with Gasteiger partial charge in [-0.15, -0.1) is 0 Å². The van der Waals surface area contributed by atoms with Crippen LogP contribution in [0.2, 0.25) is 0 Å². The second-order valence-corrected chi connectivity index (χ2v) is 4.52. The summed E-state index contributed by atoms with van der Waals surface area (Å²) in [7, 11) is 0. The van der Waals surface area contributed by atoms with Gasteiger partial charge in [-0.2, -0.15) is 0 Å². The van der Waals surface area contributed by atoms with E-state index in [9.17, 15) is 8.78 Å². The Morgan fingerprint density at radius 1 is 1.19 bits per heavy atom. The zero-order valence-electron chi connectivity index (χ0n) is 9.31. The van der Waals surface area contributed by atoms with Crippen molar-refractivity contribution in [1.82, 2.24) is 5.32 Å². The van der Waals surface area contributed by atoms with Crippen LogP contribution in [0.3, 0.4) is 0 Å². The van der Waals surface area contributed by atoms with E-state index in [1.165, 1.54) is 37.8 Å². The molecule has 0 amide bonds. The fraction of sp³-hybridized carbons (Fsp3) is 0.538. The third-order valence-corrected chi connectivity index (χ3v) is 3.23. The van der Waals surface area contributed by atoms with Crippen molar-refractivity contribution in [3.05, 3.63) is 35.4 Å². The van der Waals surface area contributed by atoms with Crippen LogP contribution in [0.4, 0.5) is 8.78 Å². The minimum Gasteiger partial charge on any atom is -0.312 e. The lowest BCUT2D eigenvalue weighted by Gasteiger charge is -2.10.